The van der Waals surface area contributed by atoms with Gasteiger partial charge < -0.3 is 5.32 Å². The van der Waals surface area contributed by atoms with Crippen LogP contribution in [0, 0.1) is 5.82 Å². The van der Waals surface area contributed by atoms with Crippen LogP contribution in [-0.4, -0.2) is 23.2 Å². The molecule has 1 atom stereocenters. The summed E-state index contributed by atoms with van der Waals surface area (Å²) in [5.41, 5.74) is 0.00130. The van der Waals surface area contributed by atoms with Crippen LogP contribution in [0.25, 0.3) is 0 Å². The molecule has 7 heteroatoms. The van der Waals surface area contributed by atoms with Gasteiger partial charge in [-0.15, -0.1) is 0 Å². The van der Waals surface area contributed by atoms with E-state index < -0.39 is 18.0 Å². The fourth-order valence-electron chi connectivity index (χ4n) is 1.43. The number of nitrogens with zero attached hydrogens (tertiary/aromatic N) is 2. The van der Waals surface area contributed by atoms with Crippen molar-refractivity contribution in [2.75, 3.05) is 7.05 Å². The van der Waals surface area contributed by atoms with Crippen LogP contribution in [-0.2, 0) is 0 Å². The lowest BCUT2D eigenvalue weighted by molar-refractivity contribution is -0.156. The third kappa shape index (κ3) is 5.31. The number of halogens is 4. The molecule has 0 bridgehead atoms. The summed E-state index contributed by atoms with van der Waals surface area (Å²) in [5, 5.41) is 2.13. The van der Waals surface area contributed by atoms with Gasteiger partial charge in [0.15, 0.2) is 0 Å². The maximum atomic E-state index is 12.4. The lowest BCUT2D eigenvalue weighted by Gasteiger charge is -2.19. The minimum absolute atomic E-state index is 0.00130. The molecule has 20 heavy (non-hydrogen) atoms. The van der Waals surface area contributed by atoms with E-state index in [-0.39, 0.29) is 5.56 Å². The van der Waals surface area contributed by atoms with E-state index in [9.17, 15) is 17.6 Å². The van der Waals surface area contributed by atoms with Crippen molar-refractivity contribution in [3.63, 3.8) is 0 Å². The highest BCUT2D eigenvalue weighted by molar-refractivity contribution is 5.21. The summed E-state index contributed by atoms with van der Waals surface area (Å²) < 4.78 is 49.5. The molecule has 2 aromatic rings. The molecule has 0 aliphatic carbocycles. The highest BCUT2D eigenvalue weighted by atomic mass is 19.4. The molecule has 1 unspecified atom stereocenters. The quantitative estimate of drug-likeness (QED) is 0.862. The number of rotatable bonds is 2. The smallest absolute Gasteiger partial charge is 0.306 e. The Hall–Kier alpha value is -2.02. The molecule has 0 aliphatic heterocycles. The zero-order valence-corrected chi connectivity index (χ0v) is 10.6. The van der Waals surface area contributed by atoms with Crippen molar-refractivity contribution in [2.24, 2.45) is 0 Å². The zero-order chi connectivity index (χ0) is 15.0. The molecule has 2 rings (SSSR count). The highest BCUT2D eigenvalue weighted by Gasteiger charge is 2.39. The summed E-state index contributed by atoms with van der Waals surface area (Å²) in [7, 11) is 1.21. The molecule has 0 aliphatic rings. The van der Waals surface area contributed by atoms with Gasteiger partial charge in [0.05, 0.1) is 0 Å². The van der Waals surface area contributed by atoms with E-state index in [1.165, 1.54) is 13.4 Å². The number of hydrogen-bond donors (Lipinski definition) is 1. The third-order valence-electron chi connectivity index (χ3n) is 2.30. The van der Waals surface area contributed by atoms with E-state index in [1.807, 2.05) is 0 Å². The van der Waals surface area contributed by atoms with Crippen molar-refractivity contribution in [3.05, 3.63) is 60.4 Å². The Balaban J connectivity index is 0.000000276. The van der Waals surface area contributed by atoms with E-state index in [1.54, 1.807) is 18.5 Å². The molecule has 1 N–H and O–H groups in total. The van der Waals surface area contributed by atoms with Crippen molar-refractivity contribution in [1.29, 1.82) is 0 Å². The second-order valence-electron chi connectivity index (χ2n) is 3.72. The monoisotopic (exact) mass is 287 g/mol. The first-order valence-corrected chi connectivity index (χ1v) is 5.64. The lowest BCUT2D eigenvalue weighted by Crippen LogP contribution is -2.31. The van der Waals surface area contributed by atoms with E-state index in [0.29, 0.717) is 0 Å². The average Bonchev–Trinajstić information content (AvgIpc) is 2.43. The van der Waals surface area contributed by atoms with E-state index in [4.69, 9.17) is 0 Å². The molecule has 3 nitrogen and oxygen atoms in total. The van der Waals surface area contributed by atoms with Crippen molar-refractivity contribution >= 4 is 0 Å². The van der Waals surface area contributed by atoms with Crippen molar-refractivity contribution < 1.29 is 17.6 Å². The number of hydrogen-bond acceptors (Lipinski definition) is 3. The second kappa shape index (κ2) is 7.54. The van der Waals surface area contributed by atoms with Gasteiger partial charge in [-0.25, -0.2) is 14.4 Å². The Morgan fingerprint density at radius 2 is 1.60 bits per heavy atom. The van der Waals surface area contributed by atoms with Gasteiger partial charge in [-0.05, 0) is 30.8 Å². The predicted octanol–water partition coefficient (Wildman–Crippen LogP) is 3.13. The standard InChI is InChI=1S/C9H9F4N.C4H4N2/c1-14-8(9(11,12)13)6-2-4-7(10)5-3-6;1-2-5-4-6-3-1/h2-5,8,14H,1H3;1-4H. The fraction of sp³-hybridized carbons (Fsp3) is 0.231. The van der Waals surface area contributed by atoms with Crippen molar-refractivity contribution in [3.8, 4) is 0 Å². The van der Waals surface area contributed by atoms with Gasteiger partial charge in [-0.1, -0.05) is 12.1 Å². The third-order valence-corrected chi connectivity index (χ3v) is 2.30. The lowest BCUT2D eigenvalue weighted by atomic mass is 10.1. The minimum Gasteiger partial charge on any atom is -0.306 e. The van der Waals surface area contributed by atoms with Crippen LogP contribution in [0.1, 0.15) is 11.6 Å². The van der Waals surface area contributed by atoms with E-state index in [2.05, 4.69) is 15.3 Å². The highest BCUT2D eigenvalue weighted by Crippen LogP contribution is 2.32. The van der Waals surface area contributed by atoms with Crippen LogP contribution in [0.15, 0.2) is 49.1 Å². The summed E-state index contributed by atoms with van der Waals surface area (Å²) in [4.78, 5) is 7.35. The zero-order valence-electron chi connectivity index (χ0n) is 10.6. The van der Waals surface area contributed by atoms with Crippen molar-refractivity contribution in [2.45, 2.75) is 12.2 Å². The molecular formula is C13H13F4N3. The number of aromatic nitrogens is 2. The second-order valence-corrected chi connectivity index (χ2v) is 3.72. The van der Waals surface area contributed by atoms with Gasteiger partial charge in [0.1, 0.15) is 18.2 Å². The van der Waals surface area contributed by atoms with Crippen LogP contribution in [0.2, 0.25) is 0 Å². The minimum atomic E-state index is -4.37. The summed E-state index contributed by atoms with van der Waals surface area (Å²) in [6, 6.07) is 4.27. The molecule has 1 aromatic carbocycles. The molecule has 1 heterocycles. The first-order valence-electron chi connectivity index (χ1n) is 5.64. The molecule has 0 saturated carbocycles. The topological polar surface area (TPSA) is 37.8 Å². The van der Waals surface area contributed by atoms with Crippen LogP contribution in [0.3, 0.4) is 0 Å². The summed E-state index contributed by atoms with van der Waals surface area (Å²) >= 11 is 0. The SMILES string of the molecule is CNC(c1ccc(F)cc1)C(F)(F)F.c1cncnc1. The van der Waals surface area contributed by atoms with Gasteiger partial charge >= 0.3 is 6.18 Å². The maximum absolute atomic E-state index is 12.4. The van der Waals surface area contributed by atoms with Crippen LogP contribution >= 0.6 is 0 Å². The first kappa shape index (κ1) is 16.0. The number of nitrogens with one attached hydrogen (secondary N) is 1. The molecule has 1 aromatic heterocycles. The summed E-state index contributed by atoms with van der Waals surface area (Å²) in [6.45, 7) is 0. The molecular weight excluding hydrogens is 274 g/mol. The van der Waals surface area contributed by atoms with Crippen LogP contribution in [0.4, 0.5) is 17.6 Å². The molecule has 0 radical (unpaired) electrons. The fourth-order valence-corrected chi connectivity index (χ4v) is 1.43. The Morgan fingerprint density at radius 3 is 1.90 bits per heavy atom. The van der Waals surface area contributed by atoms with Gasteiger partial charge in [0, 0.05) is 12.4 Å². The molecule has 0 amide bonds. The van der Waals surface area contributed by atoms with Gasteiger partial charge in [0.2, 0.25) is 0 Å². The Bertz CT molecular complexity index is 459. The molecule has 0 spiro atoms. The normalized spacial score (nSPS) is 12.2. The molecule has 108 valence electrons. The Labute approximate surface area is 113 Å². The number of alkyl halides is 3. The predicted molar refractivity (Wildman–Crippen MR) is 66.3 cm³/mol. The van der Waals surface area contributed by atoms with E-state index in [0.717, 1.165) is 24.3 Å². The summed E-state index contributed by atoms with van der Waals surface area (Å²) in [6.07, 6.45) is 0.507. The average molecular weight is 287 g/mol. The largest absolute Gasteiger partial charge is 0.407 e. The van der Waals surface area contributed by atoms with E-state index >= 15 is 0 Å². The van der Waals surface area contributed by atoms with Gasteiger partial charge in [0.25, 0.3) is 0 Å². The van der Waals surface area contributed by atoms with Gasteiger partial charge in [-0.2, -0.15) is 13.2 Å². The summed E-state index contributed by atoms with van der Waals surface area (Å²) in [5.74, 6) is -0.550. The number of benzene rings is 1. The Kier molecular flexibility index (Phi) is 6.05. The first-order chi connectivity index (χ1) is 9.45. The molecule has 0 fully saturated rings. The van der Waals surface area contributed by atoms with Crippen LogP contribution in [0.5, 0.6) is 0 Å². The van der Waals surface area contributed by atoms with Crippen LogP contribution < -0.4 is 5.32 Å². The van der Waals surface area contributed by atoms with Crippen molar-refractivity contribution in [1.82, 2.24) is 15.3 Å². The maximum Gasteiger partial charge on any atom is 0.407 e. The van der Waals surface area contributed by atoms with Gasteiger partial charge in [-0.3, -0.25) is 0 Å². The Morgan fingerprint density at radius 1 is 1.05 bits per heavy atom. The molecule has 0 saturated heterocycles.